The van der Waals surface area contributed by atoms with Crippen LogP contribution in [0.4, 0.5) is 0 Å². The number of rotatable bonds is 6. The van der Waals surface area contributed by atoms with Crippen molar-refractivity contribution in [2.45, 2.75) is 51.2 Å². The van der Waals surface area contributed by atoms with E-state index in [2.05, 4.69) is 34.7 Å². The van der Waals surface area contributed by atoms with Gasteiger partial charge in [0.05, 0.1) is 6.10 Å². The molecule has 0 bridgehead atoms. The Hall–Kier alpha value is -1.07. The molecule has 2 atom stereocenters. The Morgan fingerprint density at radius 3 is 3.05 bits per heavy atom. The molecule has 1 aromatic rings. The van der Waals surface area contributed by atoms with Crippen molar-refractivity contribution in [3.05, 3.63) is 22.4 Å². The molecular weight excluding hydrogens is 282 g/mol. The highest BCUT2D eigenvalue weighted by molar-refractivity contribution is 7.09. The summed E-state index contributed by atoms with van der Waals surface area (Å²) in [4.78, 5) is 5.83. The molecule has 0 saturated heterocycles. The highest BCUT2D eigenvalue weighted by Gasteiger charge is 2.59. The van der Waals surface area contributed by atoms with Gasteiger partial charge in [0.25, 0.3) is 0 Å². The van der Waals surface area contributed by atoms with E-state index in [4.69, 9.17) is 10.5 Å². The van der Waals surface area contributed by atoms with E-state index >= 15 is 0 Å². The summed E-state index contributed by atoms with van der Waals surface area (Å²) >= 11 is 1.78. The second kappa shape index (κ2) is 6.36. The topological polar surface area (TPSA) is 59.6 Å². The Balaban J connectivity index is 1.47. The van der Waals surface area contributed by atoms with Crippen molar-refractivity contribution < 1.29 is 4.74 Å². The predicted molar refractivity (Wildman–Crippen MR) is 87.8 cm³/mol. The molecule has 2 unspecified atom stereocenters. The first kappa shape index (κ1) is 14.9. The van der Waals surface area contributed by atoms with Gasteiger partial charge in [0.15, 0.2) is 5.96 Å². The van der Waals surface area contributed by atoms with Crippen LogP contribution in [0.3, 0.4) is 0 Å². The quantitative estimate of drug-likeness (QED) is 0.627. The van der Waals surface area contributed by atoms with E-state index in [-0.39, 0.29) is 0 Å². The molecule has 3 rings (SSSR count). The third kappa shape index (κ3) is 2.94. The SMILES string of the molecule is CCOC1CC(NC(N)=NCCc2cccs2)C12CCC2. The van der Waals surface area contributed by atoms with Gasteiger partial charge < -0.3 is 15.8 Å². The lowest BCUT2D eigenvalue weighted by Crippen LogP contribution is -2.68. The average Bonchev–Trinajstić information content (AvgIpc) is 2.88. The molecule has 4 nitrogen and oxygen atoms in total. The Kier molecular flexibility index (Phi) is 4.50. The largest absolute Gasteiger partial charge is 0.378 e. The van der Waals surface area contributed by atoms with E-state index in [1.165, 1.54) is 24.1 Å². The highest BCUT2D eigenvalue weighted by atomic mass is 32.1. The number of nitrogens with zero attached hydrogens (tertiary/aromatic N) is 1. The number of ether oxygens (including phenoxy) is 1. The number of nitrogens with two attached hydrogens (primary N) is 1. The molecule has 1 spiro atoms. The molecule has 0 aromatic carbocycles. The van der Waals surface area contributed by atoms with Crippen molar-refractivity contribution in [3.8, 4) is 0 Å². The minimum atomic E-state index is 0.337. The van der Waals surface area contributed by atoms with Gasteiger partial charge in [0.2, 0.25) is 0 Å². The summed E-state index contributed by atoms with van der Waals surface area (Å²) < 4.78 is 5.86. The Morgan fingerprint density at radius 2 is 2.43 bits per heavy atom. The molecule has 5 heteroatoms. The summed E-state index contributed by atoms with van der Waals surface area (Å²) in [6.07, 6.45) is 6.30. The van der Waals surface area contributed by atoms with Crippen molar-refractivity contribution in [2.75, 3.05) is 13.2 Å². The first-order valence-electron chi connectivity index (χ1n) is 7.95. The van der Waals surface area contributed by atoms with Crippen LogP contribution >= 0.6 is 11.3 Å². The number of guanidine groups is 1. The predicted octanol–water partition coefficient (Wildman–Crippen LogP) is 2.54. The second-order valence-electron chi connectivity index (χ2n) is 6.06. The smallest absolute Gasteiger partial charge is 0.188 e. The molecule has 0 aliphatic heterocycles. The summed E-state index contributed by atoms with van der Waals surface area (Å²) in [7, 11) is 0. The Labute approximate surface area is 130 Å². The van der Waals surface area contributed by atoms with Gasteiger partial charge in [0, 0.05) is 35.9 Å². The maximum absolute atomic E-state index is 6.04. The summed E-state index contributed by atoms with van der Waals surface area (Å²) in [5.41, 5.74) is 6.38. The molecule has 116 valence electrons. The maximum Gasteiger partial charge on any atom is 0.188 e. The van der Waals surface area contributed by atoms with Crippen LogP contribution in [0.25, 0.3) is 0 Å². The molecule has 2 aliphatic rings. The van der Waals surface area contributed by atoms with Crippen LogP contribution in [-0.4, -0.2) is 31.3 Å². The van der Waals surface area contributed by atoms with Crippen molar-refractivity contribution in [1.29, 1.82) is 0 Å². The lowest BCUT2D eigenvalue weighted by atomic mass is 9.51. The van der Waals surface area contributed by atoms with Crippen LogP contribution < -0.4 is 11.1 Å². The van der Waals surface area contributed by atoms with Crippen LogP contribution in [0.2, 0.25) is 0 Å². The summed E-state index contributed by atoms with van der Waals surface area (Å²) in [5, 5.41) is 5.53. The van der Waals surface area contributed by atoms with E-state index in [9.17, 15) is 0 Å². The van der Waals surface area contributed by atoms with Gasteiger partial charge in [-0.2, -0.15) is 0 Å². The summed E-state index contributed by atoms with van der Waals surface area (Å²) in [6, 6.07) is 4.67. The molecule has 1 heterocycles. The summed E-state index contributed by atoms with van der Waals surface area (Å²) in [5.74, 6) is 0.595. The highest BCUT2D eigenvalue weighted by Crippen LogP contribution is 2.57. The molecule has 2 aliphatic carbocycles. The van der Waals surface area contributed by atoms with Crippen molar-refractivity contribution in [1.82, 2.24) is 5.32 Å². The second-order valence-corrected chi connectivity index (χ2v) is 7.09. The fraction of sp³-hybridized carbons (Fsp3) is 0.688. The van der Waals surface area contributed by atoms with E-state index in [1.807, 2.05) is 0 Å². The minimum absolute atomic E-state index is 0.337. The number of hydrogen-bond acceptors (Lipinski definition) is 3. The van der Waals surface area contributed by atoms with Gasteiger partial charge in [-0.05, 0) is 37.6 Å². The van der Waals surface area contributed by atoms with Crippen LogP contribution in [0.1, 0.15) is 37.5 Å². The third-order valence-corrected chi connectivity index (χ3v) is 5.92. The van der Waals surface area contributed by atoms with Crippen LogP contribution in [-0.2, 0) is 11.2 Å². The van der Waals surface area contributed by atoms with E-state index in [1.54, 1.807) is 11.3 Å². The van der Waals surface area contributed by atoms with Gasteiger partial charge in [-0.15, -0.1) is 11.3 Å². The molecule has 2 saturated carbocycles. The Bertz CT molecular complexity index is 482. The van der Waals surface area contributed by atoms with Crippen LogP contribution in [0, 0.1) is 5.41 Å². The van der Waals surface area contributed by atoms with Crippen molar-refractivity contribution >= 4 is 17.3 Å². The number of hydrogen-bond donors (Lipinski definition) is 2. The Morgan fingerprint density at radius 1 is 1.57 bits per heavy atom. The van der Waals surface area contributed by atoms with Crippen molar-refractivity contribution in [3.63, 3.8) is 0 Å². The van der Waals surface area contributed by atoms with Crippen molar-refractivity contribution in [2.24, 2.45) is 16.1 Å². The van der Waals surface area contributed by atoms with E-state index < -0.39 is 0 Å². The maximum atomic E-state index is 6.04. The minimum Gasteiger partial charge on any atom is -0.378 e. The first-order chi connectivity index (χ1) is 10.2. The van der Waals surface area contributed by atoms with Gasteiger partial charge in [-0.25, -0.2) is 0 Å². The fourth-order valence-corrected chi connectivity index (χ4v) is 4.30. The molecule has 0 amide bonds. The average molecular weight is 307 g/mol. The fourth-order valence-electron chi connectivity index (χ4n) is 3.61. The molecular formula is C16H25N3OS. The lowest BCUT2D eigenvalue weighted by molar-refractivity contribution is -0.168. The molecule has 2 fully saturated rings. The van der Waals surface area contributed by atoms with Crippen LogP contribution in [0.15, 0.2) is 22.5 Å². The van der Waals surface area contributed by atoms with Gasteiger partial charge >= 0.3 is 0 Å². The first-order valence-corrected chi connectivity index (χ1v) is 8.83. The molecule has 0 radical (unpaired) electrons. The third-order valence-electron chi connectivity index (χ3n) is 4.98. The van der Waals surface area contributed by atoms with E-state index in [0.717, 1.165) is 26.0 Å². The monoisotopic (exact) mass is 307 g/mol. The number of thiophene rings is 1. The van der Waals surface area contributed by atoms with Gasteiger partial charge in [-0.1, -0.05) is 12.5 Å². The molecule has 1 aromatic heterocycles. The van der Waals surface area contributed by atoms with Gasteiger partial charge in [-0.3, -0.25) is 4.99 Å². The number of nitrogens with one attached hydrogen (secondary N) is 1. The standard InChI is InChI=1S/C16H25N3OS/c1-2-20-14-11-13(16(14)7-4-8-16)19-15(17)18-9-6-12-5-3-10-21-12/h3,5,10,13-14H,2,4,6-9,11H2,1H3,(H3,17,18,19). The van der Waals surface area contributed by atoms with E-state index in [0.29, 0.717) is 23.5 Å². The molecule has 21 heavy (non-hydrogen) atoms. The number of aliphatic imine (C=N–C) groups is 1. The van der Waals surface area contributed by atoms with Gasteiger partial charge in [0.1, 0.15) is 0 Å². The lowest BCUT2D eigenvalue weighted by Gasteiger charge is -2.61. The zero-order chi connectivity index (χ0) is 14.7. The zero-order valence-corrected chi connectivity index (χ0v) is 13.5. The normalized spacial score (nSPS) is 27.2. The summed E-state index contributed by atoms with van der Waals surface area (Å²) in [6.45, 7) is 3.64. The zero-order valence-electron chi connectivity index (χ0n) is 12.7. The van der Waals surface area contributed by atoms with Crippen LogP contribution in [0.5, 0.6) is 0 Å². The molecule has 3 N–H and O–H groups in total.